The van der Waals surface area contributed by atoms with Gasteiger partial charge in [0, 0.05) is 30.3 Å². The Morgan fingerprint density at radius 1 is 0.775 bits per heavy atom. The average molecular weight is 535 g/mol. The van der Waals surface area contributed by atoms with Gasteiger partial charge in [0.15, 0.2) is 0 Å². The van der Waals surface area contributed by atoms with E-state index in [9.17, 15) is 4.79 Å². The summed E-state index contributed by atoms with van der Waals surface area (Å²) >= 11 is 0. The molecule has 1 saturated heterocycles. The zero-order chi connectivity index (χ0) is 28.5. The molecule has 0 bridgehead atoms. The number of ether oxygens (including phenoxy) is 1. The molecule has 0 aromatic heterocycles. The van der Waals surface area contributed by atoms with Crippen LogP contribution in [0.4, 0.5) is 10.5 Å². The Bertz CT molecular complexity index is 1400. The molecule has 2 N–H and O–H groups in total. The molecule has 1 aliphatic rings. The molecule has 2 atom stereocenters. The molecular weight excluding hydrogens is 492 g/mol. The van der Waals surface area contributed by atoms with Gasteiger partial charge >= 0.3 is 6.09 Å². The summed E-state index contributed by atoms with van der Waals surface area (Å²) in [4.78, 5) is 12.9. The van der Waals surface area contributed by atoms with E-state index >= 15 is 0 Å². The topological polar surface area (TPSA) is 50.4 Å². The molecule has 4 nitrogen and oxygen atoms in total. The second-order valence-corrected chi connectivity index (χ2v) is 13.2. The van der Waals surface area contributed by atoms with Crippen LogP contribution in [0.15, 0.2) is 91.0 Å². The molecule has 1 aliphatic heterocycles. The lowest BCUT2D eigenvalue weighted by molar-refractivity contribution is 0.119. The molecule has 0 saturated carbocycles. The van der Waals surface area contributed by atoms with E-state index in [0.717, 1.165) is 22.9 Å². The Labute approximate surface area is 239 Å². The van der Waals surface area contributed by atoms with E-state index in [1.165, 1.54) is 22.3 Å². The van der Waals surface area contributed by atoms with Crippen LogP contribution in [0.25, 0.3) is 10.8 Å². The normalized spacial score (nSPS) is 17.8. The van der Waals surface area contributed by atoms with Crippen LogP contribution < -0.4 is 10.6 Å². The van der Waals surface area contributed by atoms with Crippen molar-refractivity contribution in [3.63, 3.8) is 0 Å². The molecule has 208 valence electrons. The van der Waals surface area contributed by atoms with Crippen LogP contribution in [0.2, 0.25) is 0 Å². The molecule has 4 aromatic carbocycles. The number of amides is 1. The van der Waals surface area contributed by atoms with E-state index in [4.69, 9.17) is 4.74 Å². The molecule has 1 amide bonds. The van der Waals surface area contributed by atoms with E-state index in [1.54, 1.807) is 0 Å². The predicted octanol–water partition coefficient (Wildman–Crippen LogP) is 8.55. The molecular formula is C36H42N2O2. The zero-order valence-corrected chi connectivity index (χ0v) is 24.6. The fourth-order valence-electron chi connectivity index (χ4n) is 5.74. The maximum absolute atomic E-state index is 12.9. The molecule has 4 heteroatoms. The van der Waals surface area contributed by atoms with Gasteiger partial charge in [0.05, 0.1) is 5.69 Å². The van der Waals surface area contributed by atoms with Gasteiger partial charge in [-0.1, -0.05) is 126 Å². The quantitative estimate of drug-likeness (QED) is 0.270. The van der Waals surface area contributed by atoms with Crippen molar-refractivity contribution in [2.75, 3.05) is 11.9 Å². The third kappa shape index (κ3) is 6.23. The summed E-state index contributed by atoms with van der Waals surface area (Å²) in [7, 11) is 0. The molecule has 0 spiro atoms. The van der Waals surface area contributed by atoms with Gasteiger partial charge in [0.25, 0.3) is 0 Å². The number of fused-ring (bicyclic) bond motifs is 1. The number of hydrogen-bond acceptors (Lipinski definition) is 3. The number of rotatable bonds is 5. The van der Waals surface area contributed by atoms with Gasteiger partial charge in [-0.2, -0.15) is 0 Å². The minimum absolute atomic E-state index is 0.102. The molecule has 0 radical (unpaired) electrons. The van der Waals surface area contributed by atoms with Crippen LogP contribution in [0, 0.1) is 0 Å². The van der Waals surface area contributed by atoms with Crippen molar-refractivity contribution < 1.29 is 9.53 Å². The molecule has 4 aromatic rings. The lowest BCUT2D eigenvalue weighted by Gasteiger charge is -2.27. The summed E-state index contributed by atoms with van der Waals surface area (Å²) in [5.41, 5.74) is 6.16. The third-order valence-corrected chi connectivity index (χ3v) is 8.10. The van der Waals surface area contributed by atoms with Crippen molar-refractivity contribution in [2.45, 2.75) is 76.9 Å². The van der Waals surface area contributed by atoms with Crippen molar-refractivity contribution in [1.29, 1.82) is 0 Å². The molecule has 5 rings (SSSR count). The monoisotopic (exact) mass is 534 g/mol. The van der Waals surface area contributed by atoms with Crippen LogP contribution >= 0.6 is 0 Å². The maximum Gasteiger partial charge on any atom is 0.411 e. The van der Waals surface area contributed by atoms with Crippen molar-refractivity contribution >= 4 is 22.6 Å². The smallest absolute Gasteiger partial charge is 0.411 e. The van der Waals surface area contributed by atoms with Crippen LogP contribution in [0.1, 0.15) is 76.1 Å². The first-order valence-electron chi connectivity index (χ1n) is 14.4. The van der Waals surface area contributed by atoms with E-state index < -0.39 is 6.09 Å². The first kappa shape index (κ1) is 27.9. The number of carbonyl (C=O) groups excluding carboxylic acids is 1. The van der Waals surface area contributed by atoms with Gasteiger partial charge < -0.3 is 10.1 Å². The minimum atomic E-state index is -0.413. The number of nitrogens with one attached hydrogen (secondary N) is 2. The molecule has 40 heavy (non-hydrogen) atoms. The highest BCUT2D eigenvalue weighted by molar-refractivity contribution is 6.00. The number of anilines is 1. The summed E-state index contributed by atoms with van der Waals surface area (Å²) in [6.07, 6.45) is 0.130. The van der Waals surface area contributed by atoms with Gasteiger partial charge in [-0.15, -0.1) is 0 Å². The van der Waals surface area contributed by atoms with E-state index in [2.05, 4.69) is 101 Å². The Kier molecular flexibility index (Phi) is 7.74. The van der Waals surface area contributed by atoms with Crippen LogP contribution in [-0.4, -0.2) is 24.8 Å². The van der Waals surface area contributed by atoms with Crippen molar-refractivity contribution in [1.82, 2.24) is 5.32 Å². The first-order chi connectivity index (χ1) is 19.0. The minimum Gasteiger partial charge on any atom is -0.445 e. The second kappa shape index (κ2) is 11.1. The van der Waals surface area contributed by atoms with Gasteiger partial charge in [-0.05, 0) is 44.5 Å². The molecule has 1 fully saturated rings. The number of benzene rings is 4. The third-order valence-electron chi connectivity index (χ3n) is 8.10. The Morgan fingerprint density at radius 2 is 1.32 bits per heavy atom. The highest BCUT2D eigenvalue weighted by Crippen LogP contribution is 2.35. The van der Waals surface area contributed by atoms with Crippen LogP contribution in [0.5, 0.6) is 0 Å². The lowest BCUT2D eigenvalue weighted by atomic mass is 9.80. The van der Waals surface area contributed by atoms with Crippen molar-refractivity contribution in [2.24, 2.45) is 0 Å². The highest BCUT2D eigenvalue weighted by Gasteiger charge is 2.34. The highest BCUT2D eigenvalue weighted by atomic mass is 16.6. The largest absolute Gasteiger partial charge is 0.445 e. The van der Waals surface area contributed by atoms with Gasteiger partial charge in [0.1, 0.15) is 6.10 Å². The summed E-state index contributed by atoms with van der Waals surface area (Å²) in [5, 5.41) is 8.74. The number of hydrogen-bond donors (Lipinski definition) is 2. The fourth-order valence-corrected chi connectivity index (χ4v) is 5.74. The standard InChI is InChI=1S/C36H42N2O2/c1-35(2,3)27-18-14-25(15-19-27)33(26-16-20-28(21-17-26)36(4,5)6)32-22-29(23-37-32)40-34(39)38-31-13-9-11-24-10-7-8-12-30(24)31/h7-21,29,32-33,37H,22-23H2,1-6H3,(H,38,39). The van der Waals surface area contributed by atoms with E-state index in [1.807, 2.05) is 42.5 Å². The average Bonchev–Trinajstić information content (AvgIpc) is 3.36. The van der Waals surface area contributed by atoms with E-state index in [0.29, 0.717) is 6.54 Å². The Hall–Kier alpha value is -3.63. The predicted molar refractivity (Wildman–Crippen MR) is 166 cm³/mol. The Morgan fingerprint density at radius 3 is 1.90 bits per heavy atom. The van der Waals surface area contributed by atoms with Gasteiger partial charge in [-0.25, -0.2) is 4.79 Å². The molecule has 1 heterocycles. The maximum atomic E-state index is 12.9. The Balaban J connectivity index is 1.34. The lowest BCUT2D eigenvalue weighted by Crippen LogP contribution is -2.30. The fraction of sp³-hybridized carbons (Fsp3) is 0.361. The molecule has 0 aliphatic carbocycles. The number of carbonyl (C=O) groups is 1. The summed E-state index contributed by atoms with van der Waals surface area (Å²) in [6.45, 7) is 14.1. The summed E-state index contributed by atoms with van der Waals surface area (Å²) in [5.74, 6) is 0.151. The summed E-state index contributed by atoms with van der Waals surface area (Å²) < 4.78 is 5.93. The zero-order valence-electron chi connectivity index (χ0n) is 24.6. The van der Waals surface area contributed by atoms with Crippen molar-refractivity contribution in [3.05, 3.63) is 113 Å². The van der Waals surface area contributed by atoms with E-state index in [-0.39, 0.29) is 28.9 Å². The second-order valence-electron chi connectivity index (χ2n) is 13.2. The first-order valence-corrected chi connectivity index (χ1v) is 14.4. The SMILES string of the molecule is CC(C)(C)c1ccc(C(c2ccc(C(C)(C)C)cc2)C2CC(OC(=O)Nc3cccc4ccccc34)CN2)cc1. The van der Waals surface area contributed by atoms with Crippen molar-refractivity contribution in [3.8, 4) is 0 Å². The summed E-state index contributed by atoms with van der Waals surface area (Å²) in [6, 6.07) is 32.2. The van der Waals surface area contributed by atoms with Crippen LogP contribution in [-0.2, 0) is 15.6 Å². The van der Waals surface area contributed by atoms with Crippen LogP contribution in [0.3, 0.4) is 0 Å². The molecule has 2 unspecified atom stereocenters. The van der Waals surface area contributed by atoms with Gasteiger partial charge in [-0.3, -0.25) is 5.32 Å². The van der Waals surface area contributed by atoms with Gasteiger partial charge in [0.2, 0.25) is 0 Å².